The molecule has 3 aromatic rings. The predicted molar refractivity (Wildman–Crippen MR) is 106 cm³/mol. The van der Waals surface area contributed by atoms with Crippen LogP contribution < -0.4 is 4.74 Å². The number of aryl methyl sites for hydroxylation is 1. The van der Waals surface area contributed by atoms with Gasteiger partial charge in [-0.15, -0.1) is 11.3 Å². The van der Waals surface area contributed by atoms with Gasteiger partial charge in [0.15, 0.2) is 0 Å². The van der Waals surface area contributed by atoms with E-state index in [9.17, 15) is 13.2 Å². The van der Waals surface area contributed by atoms with Gasteiger partial charge in [0.1, 0.15) is 9.96 Å². The molecule has 0 aliphatic rings. The second kappa shape index (κ2) is 7.53. The van der Waals surface area contributed by atoms with Crippen LogP contribution in [-0.2, 0) is 21.2 Å². The van der Waals surface area contributed by atoms with Crippen LogP contribution in [0.4, 0.5) is 0 Å². The lowest BCUT2D eigenvalue weighted by atomic mass is 10.1. The number of hydrogen-bond donors (Lipinski definition) is 1. The molecular weight excluding hydrogens is 410 g/mol. The van der Waals surface area contributed by atoms with Crippen molar-refractivity contribution in [3.8, 4) is 5.75 Å². The van der Waals surface area contributed by atoms with Crippen molar-refractivity contribution in [2.24, 2.45) is 0 Å². The molecule has 0 aliphatic carbocycles. The van der Waals surface area contributed by atoms with E-state index in [1.807, 2.05) is 13.8 Å². The zero-order valence-electron chi connectivity index (χ0n) is 14.7. The fourth-order valence-corrected chi connectivity index (χ4v) is 5.72. The van der Waals surface area contributed by atoms with Gasteiger partial charge >= 0.3 is 5.97 Å². The molecule has 0 atom stereocenters. The van der Waals surface area contributed by atoms with E-state index < -0.39 is 16.0 Å². The minimum atomic E-state index is -3.86. The fourth-order valence-electron chi connectivity index (χ4n) is 2.76. The Morgan fingerprint density at radius 3 is 2.63 bits per heavy atom. The van der Waals surface area contributed by atoms with E-state index in [4.69, 9.17) is 21.4 Å². The number of aromatic nitrogens is 1. The number of rotatable bonds is 7. The number of fused-ring (bicyclic) bond motifs is 1. The molecule has 0 radical (unpaired) electrons. The largest absolute Gasteiger partial charge is 0.491 e. The molecule has 0 unspecified atom stereocenters. The van der Waals surface area contributed by atoms with Crippen LogP contribution in [0.25, 0.3) is 10.9 Å². The molecule has 27 heavy (non-hydrogen) atoms. The van der Waals surface area contributed by atoms with Crippen molar-refractivity contribution < 1.29 is 23.1 Å². The minimum Gasteiger partial charge on any atom is -0.491 e. The van der Waals surface area contributed by atoms with E-state index in [0.717, 1.165) is 11.3 Å². The summed E-state index contributed by atoms with van der Waals surface area (Å²) in [6.45, 7) is 3.76. The van der Waals surface area contributed by atoms with Crippen molar-refractivity contribution in [1.82, 2.24) is 3.97 Å². The normalized spacial score (nSPS) is 12.0. The van der Waals surface area contributed by atoms with Crippen molar-refractivity contribution in [3.63, 3.8) is 0 Å². The smallest absolute Gasteiger partial charge is 0.303 e. The standard InChI is InChI=1S/C18H18ClNO5S2/c1-11(2)25-13-4-5-14-12(3-7-17(21)22)10-20(15(14)9-13)27(23,24)18-8-6-16(19)26-18/h4-6,8-11H,3,7H2,1-2H3,(H,21,22). The first-order valence-electron chi connectivity index (χ1n) is 8.22. The number of carboxylic acids is 1. The number of hydrogen-bond acceptors (Lipinski definition) is 5. The van der Waals surface area contributed by atoms with Gasteiger partial charge < -0.3 is 9.84 Å². The number of ether oxygens (including phenoxy) is 1. The third-order valence-electron chi connectivity index (χ3n) is 3.87. The second-order valence-corrected chi connectivity index (χ2v) is 10.0. The summed E-state index contributed by atoms with van der Waals surface area (Å²) in [4.78, 5) is 11.0. The van der Waals surface area contributed by atoms with Gasteiger partial charge in [-0.05, 0) is 50.1 Å². The third-order valence-corrected chi connectivity index (χ3v) is 7.24. The molecule has 144 valence electrons. The Labute approximate surface area is 166 Å². The van der Waals surface area contributed by atoms with Crippen molar-refractivity contribution >= 4 is 49.8 Å². The van der Waals surface area contributed by atoms with E-state index >= 15 is 0 Å². The number of carboxylic acid groups (broad SMARTS) is 1. The topological polar surface area (TPSA) is 85.6 Å². The molecule has 2 heterocycles. The second-order valence-electron chi connectivity index (χ2n) is 6.25. The van der Waals surface area contributed by atoms with E-state index in [1.165, 1.54) is 22.3 Å². The first-order valence-corrected chi connectivity index (χ1v) is 10.9. The summed E-state index contributed by atoms with van der Waals surface area (Å²) in [6.07, 6.45) is 1.55. The SMILES string of the molecule is CC(C)Oc1ccc2c(CCC(=O)O)cn(S(=O)(=O)c3ccc(Cl)s3)c2c1. The highest BCUT2D eigenvalue weighted by Gasteiger charge is 2.23. The summed E-state index contributed by atoms with van der Waals surface area (Å²) < 4.78 is 33.6. The molecule has 0 aliphatic heterocycles. The number of nitrogens with zero attached hydrogens (tertiary/aromatic N) is 1. The Hall–Kier alpha value is -2.03. The Morgan fingerprint density at radius 2 is 2.04 bits per heavy atom. The van der Waals surface area contributed by atoms with Crippen LogP contribution in [0.5, 0.6) is 5.75 Å². The van der Waals surface area contributed by atoms with Gasteiger partial charge in [0.2, 0.25) is 0 Å². The lowest BCUT2D eigenvalue weighted by molar-refractivity contribution is -0.136. The fraction of sp³-hybridized carbons (Fsp3) is 0.278. The van der Waals surface area contributed by atoms with Crippen LogP contribution in [0.3, 0.4) is 0 Å². The maximum atomic E-state index is 13.1. The predicted octanol–water partition coefficient (Wildman–Crippen LogP) is 4.40. The van der Waals surface area contributed by atoms with Gasteiger partial charge in [-0.3, -0.25) is 4.79 Å². The van der Waals surface area contributed by atoms with Crippen LogP contribution >= 0.6 is 22.9 Å². The van der Waals surface area contributed by atoms with Crippen molar-refractivity contribution in [1.29, 1.82) is 0 Å². The monoisotopic (exact) mass is 427 g/mol. The highest BCUT2D eigenvalue weighted by Crippen LogP contribution is 2.33. The first-order chi connectivity index (χ1) is 12.7. The number of aliphatic carboxylic acids is 1. The number of thiophene rings is 1. The molecule has 0 fully saturated rings. The van der Waals surface area contributed by atoms with E-state index in [0.29, 0.717) is 26.6 Å². The Morgan fingerprint density at radius 1 is 1.30 bits per heavy atom. The summed E-state index contributed by atoms with van der Waals surface area (Å²) in [5.41, 5.74) is 1.09. The molecule has 2 aromatic heterocycles. The van der Waals surface area contributed by atoms with Gasteiger partial charge in [-0.2, -0.15) is 8.42 Å². The molecule has 6 nitrogen and oxygen atoms in total. The van der Waals surface area contributed by atoms with Gasteiger partial charge in [0, 0.05) is 24.1 Å². The quantitative estimate of drug-likeness (QED) is 0.604. The van der Waals surface area contributed by atoms with Crippen molar-refractivity contribution in [2.45, 2.75) is 37.0 Å². The summed E-state index contributed by atoms with van der Waals surface area (Å²) in [5.74, 6) is -0.399. The Bertz CT molecular complexity index is 1100. The summed E-state index contributed by atoms with van der Waals surface area (Å²) >= 11 is 6.88. The molecule has 3 rings (SSSR count). The van der Waals surface area contributed by atoms with Gasteiger partial charge in [0.05, 0.1) is 16.0 Å². The highest BCUT2D eigenvalue weighted by atomic mass is 35.5. The number of carbonyl (C=O) groups is 1. The summed E-state index contributed by atoms with van der Waals surface area (Å²) in [5, 5.41) is 9.66. The molecule has 0 spiro atoms. The van der Waals surface area contributed by atoms with E-state index in [1.54, 1.807) is 18.2 Å². The van der Waals surface area contributed by atoms with Crippen LogP contribution in [0.1, 0.15) is 25.8 Å². The van der Waals surface area contributed by atoms with Crippen LogP contribution in [0.15, 0.2) is 40.7 Å². The maximum absolute atomic E-state index is 13.1. The number of benzene rings is 1. The average molecular weight is 428 g/mol. The van der Waals surface area contributed by atoms with Crippen LogP contribution in [-0.4, -0.2) is 29.6 Å². The third kappa shape index (κ3) is 4.12. The zero-order chi connectivity index (χ0) is 19.8. The number of halogens is 1. The van der Waals surface area contributed by atoms with E-state index in [-0.39, 0.29) is 23.2 Å². The van der Waals surface area contributed by atoms with Crippen molar-refractivity contribution in [2.75, 3.05) is 0 Å². The van der Waals surface area contributed by atoms with Gasteiger partial charge in [0.25, 0.3) is 10.0 Å². The van der Waals surface area contributed by atoms with E-state index in [2.05, 4.69) is 0 Å². The average Bonchev–Trinajstić information content (AvgIpc) is 3.16. The van der Waals surface area contributed by atoms with Gasteiger partial charge in [-0.1, -0.05) is 11.6 Å². The summed E-state index contributed by atoms with van der Waals surface area (Å²) in [6, 6.07) is 8.17. The molecule has 1 N–H and O–H groups in total. The first kappa shape index (κ1) is 19.7. The Balaban J connectivity index is 2.18. The molecule has 0 bridgehead atoms. The maximum Gasteiger partial charge on any atom is 0.303 e. The molecule has 0 saturated carbocycles. The highest BCUT2D eigenvalue weighted by molar-refractivity contribution is 7.92. The molecule has 0 amide bonds. The molecule has 1 aromatic carbocycles. The lowest BCUT2D eigenvalue weighted by Crippen LogP contribution is -2.10. The summed E-state index contributed by atoms with van der Waals surface area (Å²) in [7, 11) is -3.86. The van der Waals surface area contributed by atoms with Crippen LogP contribution in [0, 0.1) is 0 Å². The van der Waals surface area contributed by atoms with Crippen LogP contribution in [0.2, 0.25) is 4.34 Å². The zero-order valence-corrected chi connectivity index (χ0v) is 17.1. The van der Waals surface area contributed by atoms with Crippen molar-refractivity contribution in [3.05, 3.63) is 46.4 Å². The van der Waals surface area contributed by atoms with Gasteiger partial charge in [-0.25, -0.2) is 3.97 Å². The minimum absolute atomic E-state index is 0.0648. The molecule has 0 saturated heterocycles. The Kier molecular flexibility index (Phi) is 5.50. The molecular formula is C18H18ClNO5S2. The lowest BCUT2D eigenvalue weighted by Gasteiger charge is -2.11. The molecule has 9 heteroatoms.